The molecule has 0 spiro atoms. The van der Waals surface area contributed by atoms with Gasteiger partial charge in [0.05, 0.1) is 10.6 Å². The number of nitro groups is 1. The van der Waals surface area contributed by atoms with Crippen LogP contribution < -0.4 is 11.1 Å². The van der Waals surface area contributed by atoms with Gasteiger partial charge in [-0.25, -0.2) is 0 Å². The van der Waals surface area contributed by atoms with Gasteiger partial charge in [0.1, 0.15) is 0 Å². The van der Waals surface area contributed by atoms with Crippen molar-refractivity contribution >= 4 is 33.2 Å². The first kappa shape index (κ1) is 17.6. The number of rotatable bonds is 7. The molecule has 0 aliphatic carbocycles. The fraction of sp³-hybridized carbons (Fsp3) is 0.500. The van der Waals surface area contributed by atoms with E-state index in [-0.39, 0.29) is 23.6 Å². The Bertz CT molecular complexity index is 520. The van der Waals surface area contributed by atoms with Crippen LogP contribution in [0.2, 0.25) is 0 Å². The van der Waals surface area contributed by atoms with E-state index in [1.54, 1.807) is 6.07 Å². The van der Waals surface area contributed by atoms with Gasteiger partial charge in [-0.1, -0.05) is 13.3 Å². The lowest BCUT2D eigenvalue weighted by molar-refractivity contribution is -0.384. The number of nitrogens with zero attached hydrogens (tertiary/aromatic N) is 1. The van der Waals surface area contributed by atoms with Crippen molar-refractivity contribution in [1.82, 2.24) is 0 Å². The van der Waals surface area contributed by atoms with E-state index in [2.05, 4.69) is 21.2 Å². The second kappa shape index (κ2) is 8.09. The summed E-state index contributed by atoms with van der Waals surface area (Å²) >= 11 is 3.28. The SMILES string of the molecule is CC(N)CCCC(C)C(=O)Nc1cc([N+](=O)[O-])ccc1Br. The summed E-state index contributed by atoms with van der Waals surface area (Å²) in [5.41, 5.74) is 6.03. The molecule has 6 nitrogen and oxygen atoms in total. The van der Waals surface area contributed by atoms with E-state index in [1.165, 1.54) is 12.1 Å². The smallest absolute Gasteiger partial charge is 0.271 e. The first-order chi connectivity index (χ1) is 9.81. The van der Waals surface area contributed by atoms with Gasteiger partial charge in [-0.05, 0) is 41.8 Å². The van der Waals surface area contributed by atoms with Crippen molar-refractivity contribution in [2.24, 2.45) is 11.7 Å². The number of nitrogens with one attached hydrogen (secondary N) is 1. The van der Waals surface area contributed by atoms with Crippen LogP contribution >= 0.6 is 15.9 Å². The maximum absolute atomic E-state index is 12.1. The fourth-order valence-electron chi connectivity index (χ4n) is 1.86. The Kier molecular flexibility index (Phi) is 6.77. The standard InChI is InChI=1S/C14H20BrN3O3/c1-9(4-3-5-10(2)16)14(19)17-13-8-11(18(20)21)6-7-12(13)15/h6-10H,3-5,16H2,1-2H3,(H,17,19). The van der Waals surface area contributed by atoms with Crippen LogP contribution in [-0.2, 0) is 4.79 Å². The van der Waals surface area contributed by atoms with Crippen molar-refractivity contribution in [3.63, 3.8) is 0 Å². The minimum absolute atomic E-state index is 0.0573. The molecule has 0 aromatic heterocycles. The molecule has 0 saturated heterocycles. The Morgan fingerprint density at radius 1 is 1.43 bits per heavy atom. The molecule has 0 aliphatic heterocycles. The number of nitro benzene ring substituents is 1. The van der Waals surface area contributed by atoms with Gasteiger partial charge in [-0.3, -0.25) is 14.9 Å². The Morgan fingerprint density at radius 2 is 2.10 bits per heavy atom. The maximum atomic E-state index is 12.1. The Morgan fingerprint density at radius 3 is 2.67 bits per heavy atom. The van der Waals surface area contributed by atoms with Crippen molar-refractivity contribution in [2.45, 2.75) is 39.2 Å². The molecular weight excluding hydrogens is 338 g/mol. The summed E-state index contributed by atoms with van der Waals surface area (Å²) in [6, 6.07) is 4.41. The van der Waals surface area contributed by atoms with Crippen LogP contribution in [0.1, 0.15) is 33.1 Å². The highest BCUT2D eigenvalue weighted by Crippen LogP contribution is 2.27. The molecule has 7 heteroatoms. The van der Waals surface area contributed by atoms with Gasteiger partial charge in [0.25, 0.3) is 5.69 Å². The monoisotopic (exact) mass is 357 g/mol. The molecule has 1 aromatic carbocycles. The normalized spacial score (nSPS) is 13.5. The molecule has 2 unspecified atom stereocenters. The van der Waals surface area contributed by atoms with E-state index in [0.29, 0.717) is 10.2 Å². The quantitative estimate of drug-likeness (QED) is 0.576. The summed E-state index contributed by atoms with van der Waals surface area (Å²) < 4.78 is 0.615. The molecule has 0 bridgehead atoms. The molecule has 0 heterocycles. The van der Waals surface area contributed by atoms with Gasteiger partial charge in [-0.2, -0.15) is 0 Å². The van der Waals surface area contributed by atoms with Crippen molar-refractivity contribution in [2.75, 3.05) is 5.32 Å². The molecule has 116 valence electrons. The highest BCUT2D eigenvalue weighted by Gasteiger charge is 2.16. The van der Waals surface area contributed by atoms with Crippen LogP contribution in [-0.4, -0.2) is 16.9 Å². The summed E-state index contributed by atoms with van der Waals surface area (Å²) in [5, 5.41) is 13.5. The van der Waals surface area contributed by atoms with Crippen LogP contribution in [0.15, 0.2) is 22.7 Å². The topological polar surface area (TPSA) is 98.3 Å². The number of carbonyl (C=O) groups excluding carboxylic acids is 1. The van der Waals surface area contributed by atoms with E-state index in [1.807, 2.05) is 13.8 Å². The second-order valence-electron chi connectivity index (χ2n) is 5.22. The molecule has 1 rings (SSSR count). The number of nitrogens with two attached hydrogens (primary N) is 1. The summed E-state index contributed by atoms with van der Waals surface area (Å²) in [7, 11) is 0. The van der Waals surface area contributed by atoms with E-state index in [9.17, 15) is 14.9 Å². The Balaban J connectivity index is 2.65. The van der Waals surface area contributed by atoms with E-state index in [4.69, 9.17) is 5.73 Å². The minimum Gasteiger partial charge on any atom is -0.328 e. The molecule has 1 aromatic rings. The first-order valence-electron chi connectivity index (χ1n) is 6.81. The third-order valence-electron chi connectivity index (χ3n) is 3.16. The highest BCUT2D eigenvalue weighted by molar-refractivity contribution is 9.10. The van der Waals surface area contributed by atoms with Gasteiger partial charge >= 0.3 is 0 Å². The molecule has 2 atom stereocenters. The number of hydrogen-bond acceptors (Lipinski definition) is 4. The van der Waals surface area contributed by atoms with Gasteiger partial charge in [-0.15, -0.1) is 0 Å². The van der Waals surface area contributed by atoms with Gasteiger partial charge in [0, 0.05) is 28.6 Å². The van der Waals surface area contributed by atoms with Crippen molar-refractivity contribution < 1.29 is 9.72 Å². The van der Waals surface area contributed by atoms with Crippen LogP contribution in [0.5, 0.6) is 0 Å². The number of carbonyl (C=O) groups is 1. The van der Waals surface area contributed by atoms with Crippen LogP contribution in [0.3, 0.4) is 0 Å². The average molecular weight is 358 g/mol. The second-order valence-corrected chi connectivity index (χ2v) is 6.07. The zero-order valence-corrected chi connectivity index (χ0v) is 13.7. The largest absolute Gasteiger partial charge is 0.328 e. The lowest BCUT2D eigenvalue weighted by atomic mass is 10.0. The van der Waals surface area contributed by atoms with Crippen molar-refractivity contribution in [1.29, 1.82) is 0 Å². The maximum Gasteiger partial charge on any atom is 0.271 e. The molecule has 0 saturated carbocycles. The molecule has 1 amide bonds. The average Bonchev–Trinajstić information content (AvgIpc) is 2.40. The molecule has 3 N–H and O–H groups in total. The summed E-state index contributed by atoms with van der Waals surface area (Å²) in [4.78, 5) is 22.4. The number of halogens is 1. The number of benzene rings is 1. The number of anilines is 1. The van der Waals surface area contributed by atoms with E-state index < -0.39 is 4.92 Å². The van der Waals surface area contributed by atoms with Crippen molar-refractivity contribution in [3.8, 4) is 0 Å². The van der Waals surface area contributed by atoms with Gasteiger partial charge < -0.3 is 11.1 Å². The highest BCUT2D eigenvalue weighted by atomic mass is 79.9. The summed E-state index contributed by atoms with van der Waals surface area (Å²) in [6.07, 6.45) is 2.49. The Hall–Kier alpha value is -1.47. The predicted molar refractivity (Wildman–Crippen MR) is 86.1 cm³/mol. The lowest BCUT2D eigenvalue weighted by Crippen LogP contribution is -2.21. The number of amides is 1. The minimum atomic E-state index is -0.492. The molecule has 0 radical (unpaired) electrons. The molecular formula is C14H20BrN3O3. The summed E-state index contributed by atoms with van der Waals surface area (Å²) in [6.45, 7) is 3.77. The van der Waals surface area contributed by atoms with E-state index >= 15 is 0 Å². The number of hydrogen-bond donors (Lipinski definition) is 2. The first-order valence-corrected chi connectivity index (χ1v) is 7.61. The third-order valence-corrected chi connectivity index (χ3v) is 3.85. The zero-order valence-electron chi connectivity index (χ0n) is 12.1. The zero-order chi connectivity index (χ0) is 16.0. The predicted octanol–water partition coefficient (Wildman–Crippen LogP) is 3.45. The Labute approximate surface area is 132 Å². The fourth-order valence-corrected chi connectivity index (χ4v) is 2.20. The van der Waals surface area contributed by atoms with Gasteiger partial charge in [0.2, 0.25) is 5.91 Å². The molecule has 0 aliphatic rings. The van der Waals surface area contributed by atoms with Crippen molar-refractivity contribution in [3.05, 3.63) is 32.8 Å². The third kappa shape index (κ3) is 5.81. The van der Waals surface area contributed by atoms with Crippen LogP contribution in [0, 0.1) is 16.0 Å². The van der Waals surface area contributed by atoms with Gasteiger partial charge in [0.15, 0.2) is 0 Å². The van der Waals surface area contributed by atoms with Crippen LogP contribution in [0.25, 0.3) is 0 Å². The molecule has 21 heavy (non-hydrogen) atoms. The molecule has 0 fully saturated rings. The van der Waals surface area contributed by atoms with E-state index in [0.717, 1.165) is 19.3 Å². The van der Waals surface area contributed by atoms with Crippen LogP contribution in [0.4, 0.5) is 11.4 Å². The number of non-ortho nitro benzene ring substituents is 1. The lowest BCUT2D eigenvalue weighted by Gasteiger charge is -2.13. The summed E-state index contributed by atoms with van der Waals surface area (Å²) in [5.74, 6) is -0.323.